The summed E-state index contributed by atoms with van der Waals surface area (Å²) >= 11 is 6.14. The van der Waals surface area contributed by atoms with Gasteiger partial charge in [0.1, 0.15) is 5.75 Å². The van der Waals surface area contributed by atoms with Crippen molar-refractivity contribution in [2.45, 2.75) is 24.0 Å². The van der Waals surface area contributed by atoms with Crippen molar-refractivity contribution in [3.8, 4) is 5.75 Å². The monoisotopic (exact) mass is 321 g/mol. The van der Waals surface area contributed by atoms with Crippen LogP contribution in [0.1, 0.15) is 16.7 Å². The molecule has 1 heterocycles. The number of ether oxygens (including phenoxy) is 1. The Morgan fingerprint density at radius 2 is 2.14 bits per heavy atom. The van der Waals surface area contributed by atoms with Gasteiger partial charge in [-0.1, -0.05) is 17.7 Å². The van der Waals surface area contributed by atoms with Gasteiger partial charge in [0.25, 0.3) is 0 Å². The van der Waals surface area contributed by atoms with Gasteiger partial charge in [0.15, 0.2) is 0 Å². The largest absolute Gasteiger partial charge is 0.493 e. The highest BCUT2D eigenvalue weighted by atomic mass is 35.5. The summed E-state index contributed by atoms with van der Waals surface area (Å²) in [6, 6.07) is 9.32. The highest BCUT2D eigenvalue weighted by Crippen LogP contribution is 2.34. The molecule has 0 aliphatic carbocycles. The molecule has 2 aromatic carbocycles. The van der Waals surface area contributed by atoms with Crippen molar-refractivity contribution in [3.63, 3.8) is 0 Å². The molecule has 110 valence electrons. The van der Waals surface area contributed by atoms with Crippen LogP contribution in [0.4, 0.5) is 5.69 Å². The zero-order chi connectivity index (χ0) is 15.0. The summed E-state index contributed by atoms with van der Waals surface area (Å²) < 4.78 is 18.3. The van der Waals surface area contributed by atoms with E-state index in [2.05, 4.69) is 0 Å². The van der Waals surface area contributed by atoms with Crippen LogP contribution in [0.2, 0.25) is 5.02 Å². The first-order valence-electron chi connectivity index (χ1n) is 6.73. The van der Waals surface area contributed by atoms with Gasteiger partial charge in [-0.25, -0.2) is 0 Å². The topological polar surface area (TPSA) is 52.3 Å². The lowest BCUT2D eigenvalue weighted by atomic mass is 10.1. The van der Waals surface area contributed by atoms with Crippen molar-refractivity contribution in [1.82, 2.24) is 0 Å². The smallest absolute Gasteiger partial charge is 0.126 e. The number of benzene rings is 2. The molecule has 0 radical (unpaired) electrons. The molecule has 0 saturated carbocycles. The Bertz CT molecular complexity index is 730. The van der Waals surface area contributed by atoms with Gasteiger partial charge in [-0.15, -0.1) is 0 Å². The SMILES string of the molecule is Cc1ccc(N)c(S(=O)Cc2cc(Cl)cc3c2OCC3)c1. The van der Waals surface area contributed by atoms with E-state index in [4.69, 9.17) is 22.1 Å². The summed E-state index contributed by atoms with van der Waals surface area (Å²) in [4.78, 5) is 0.668. The molecule has 2 aromatic rings. The lowest BCUT2D eigenvalue weighted by Crippen LogP contribution is -2.03. The second-order valence-electron chi connectivity index (χ2n) is 5.18. The zero-order valence-electron chi connectivity index (χ0n) is 11.7. The third-order valence-corrected chi connectivity index (χ3v) is 5.16. The quantitative estimate of drug-likeness (QED) is 0.881. The van der Waals surface area contributed by atoms with E-state index in [0.717, 1.165) is 28.9 Å². The summed E-state index contributed by atoms with van der Waals surface area (Å²) in [7, 11) is -1.22. The summed E-state index contributed by atoms with van der Waals surface area (Å²) in [5.41, 5.74) is 9.51. The van der Waals surface area contributed by atoms with Crippen LogP contribution in [0.15, 0.2) is 35.2 Å². The number of fused-ring (bicyclic) bond motifs is 1. The fourth-order valence-electron chi connectivity index (χ4n) is 2.51. The third-order valence-electron chi connectivity index (χ3n) is 3.53. The van der Waals surface area contributed by atoms with Crippen LogP contribution in [-0.2, 0) is 23.0 Å². The summed E-state index contributed by atoms with van der Waals surface area (Å²) in [6.07, 6.45) is 0.849. The molecule has 0 spiro atoms. The first-order chi connectivity index (χ1) is 10.0. The number of aryl methyl sites for hydroxylation is 1. The summed E-state index contributed by atoms with van der Waals surface area (Å²) in [6.45, 7) is 2.61. The van der Waals surface area contributed by atoms with Crippen molar-refractivity contribution < 1.29 is 8.95 Å². The average Bonchev–Trinajstić information content (AvgIpc) is 2.89. The van der Waals surface area contributed by atoms with E-state index in [1.807, 2.05) is 31.2 Å². The van der Waals surface area contributed by atoms with E-state index >= 15 is 0 Å². The first kappa shape index (κ1) is 14.4. The molecule has 21 heavy (non-hydrogen) atoms. The lowest BCUT2D eigenvalue weighted by molar-refractivity contribution is 0.354. The molecule has 3 nitrogen and oxygen atoms in total. The predicted molar refractivity (Wildman–Crippen MR) is 86.4 cm³/mol. The van der Waals surface area contributed by atoms with Crippen molar-refractivity contribution in [2.24, 2.45) is 0 Å². The molecular weight excluding hydrogens is 306 g/mol. The average molecular weight is 322 g/mol. The molecular formula is C16H16ClNO2S. The van der Waals surface area contributed by atoms with E-state index in [1.165, 1.54) is 0 Å². The van der Waals surface area contributed by atoms with Gasteiger partial charge in [-0.3, -0.25) is 4.21 Å². The Morgan fingerprint density at radius 1 is 1.33 bits per heavy atom. The Balaban J connectivity index is 1.94. The van der Waals surface area contributed by atoms with Gasteiger partial charge >= 0.3 is 0 Å². The van der Waals surface area contributed by atoms with E-state index in [0.29, 0.717) is 28.0 Å². The first-order valence-corrected chi connectivity index (χ1v) is 8.43. The minimum atomic E-state index is -1.22. The van der Waals surface area contributed by atoms with Crippen LogP contribution in [-0.4, -0.2) is 10.8 Å². The van der Waals surface area contributed by atoms with Gasteiger partial charge in [0, 0.05) is 22.7 Å². The maximum Gasteiger partial charge on any atom is 0.126 e. The van der Waals surface area contributed by atoms with Crippen molar-refractivity contribution in [2.75, 3.05) is 12.3 Å². The molecule has 1 atom stereocenters. The van der Waals surface area contributed by atoms with E-state index < -0.39 is 10.8 Å². The normalized spacial score (nSPS) is 14.6. The molecule has 1 aliphatic heterocycles. The molecule has 0 aromatic heterocycles. The molecule has 1 aliphatic rings. The third kappa shape index (κ3) is 2.92. The second kappa shape index (κ2) is 5.70. The molecule has 0 fully saturated rings. The molecule has 3 rings (SSSR count). The van der Waals surface area contributed by atoms with Gasteiger partial charge in [0.05, 0.1) is 28.1 Å². The van der Waals surface area contributed by atoms with Gasteiger partial charge in [-0.05, 0) is 42.3 Å². The number of anilines is 1. The van der Waals surface area contributed by atoms with Crippen LogP contribution in [0.3, 0.4) is 0 Å². The number of nitrogen functional groups attached to an aromatic ring is 1. The number of hydrogen-bond donors (Lipinski definition) is 1. The van der Waals surface area contributed by atoms with Crippen molar-refractivity contribution in [1.29, 1.82) is 0 Å². The minimum absolute atomic E-state index is 0.358. The van der Waals surface area contributed by atoms with Crippen LogP contribution >= 0.6 is 11.6 Å². The Morgan fingerprint density at radius 3 is 2.95 bits per heavy atom. The Kier molecular flexibility index (Phi) is 3.91. The number of halogens is 1. The zero-order valence-corrected chi connectivity index (χ0v) is 13.3. The van der Waals surface area contributed by atoms with Crippen molar-refractivity contribution in [3.05, 3.63) is 52.0 Å². The van der Waals surface area contributed by atoms with Crippen LogP contribution in [0, 0.1) is 6.92 Å². The van der Waals surface area contributed by atoms with Gasteiger partial charge in [0.2, 0.25) is 0 Å². The number of nitrogens with two attached hydrogens (primary N) is 1. The van der Waals surface area contributed by atoms with Crippen LogP contribution in [0.5, 0.6) is 5.75 Å². The number of hydrogen-bond acceptors (Lipinski definition) is 3. The summed E-state index contributed by atoms with van der Waals surface area (Å²) in [5, 5.41) is 0.656. The summed E-state index contributed by atoms with van der Waals surface area (Å²) in [5.74, 6) is 1.19. The van der Waals surface area contributed by atoms with E-state index in [-0.39, 0.29) is 0 Å². The Hall–Kier alpha value is -1.52. The van der Waals surface area contributed by atoms with Gasteiger partial charge < -0.3 is 10.5 Å². The number of rotatable bonds is 3. The second-order valence-corrected chi connectivity index (χ2v) is 7.04. The predicted octanol–water partition coefficient (Wildman–Crippen LogP) is 3.47. The molecule has 0 bridgehead atoms. The van der Waals surface area contributed by atoms with Crippen LogP contribution in [0.25, 0.3) is 0 Å². The van der Waals surface area contributed by atoms with Gasteiger partial charge in [-0.2, -0.15) is 0 Å². The molecule has 2 N–H and O–H groups in total. The molecule has 1 unspecified atom stereocenters. The highest BCUT2D eigenvalue weighted by Gasteiger charge is 2.20. The fourth-order valence-corrected chi connectivity index (χ4v) is 4.08. The van der Waals surface area contributed by atoms with E-state index in [1.54, 1.807) is 6.07 Å². The maximum atomic E-state index is 12.6. The minimum Gasteiger partial charge on any atom is -0.493 e. The standard InChI is InChI=1S/C16H16ClNO2S/c1-10-2-3-14(18)15(6-10)21(19)9-12-8-13(17)7-11-4-5-20-16(11)12/h2-3,6-8H,4-5,9,18H2,1H3. The van der Waals surface area contributed by atoms with E-state index in [9.17, 15) is 4.21 Å². The van der Waals surface area contributed by atoms with Crippen molar-refractivity contribution >= 4 is 28.1 Å². The fraction of sp³-hybridized carbons (Fsp3) is 0.250. The molecule has 5 heteroatoms. The highest BCUT2D eigenvalue weighted by molar-refractivity contribution is 7.84. The Labute approximate surface area is 131 Å². The lowest BCUT2D eigenvalue weighted by Gasteiger charge is -2.11. The maximum absolute atomic E-state index is 12.6. The van der Waals surface area contributed by atoms with Crippen LogP contribution < -0.4 is 10.5 Å². The molecule has 0 saturated heterocycles. The molecule has 0 amide bonds.